The number of rotatable bonds is 4. The average Bonchev–Trinajstić information content (AvgIpc) is 2.67. The molecule has 1 aromatic rings. The molecule has 0 spiro atoms. The van der Waals surface area contributed by atoms with Gasteiger partial charge in [-0.3, -0.25) is 4.79 Å². The van der Waals surface area contributed by atoms with E-state index in [0.29, 0.717) is 0 Å². The van der Waals surface area contributed by atoms with Crippen LogP contribution in [0, 0.1) is 12.3 Å². The quantitative estimate of drug-likeness (QED) is 0.834. The highest BCUT2D eigenvalue weighted by Gasteiger charge is 2.31. The largest absolute Gasteiger partial charge is 0.480 e. The van der Waals surface area contributed by atoms with Crippen molar-refractivity contribution in [2.75, 3.05) is 0 Å². The van der Waals surface area contributed by atoms with Gasteiger partial charge in [-0.1, -0.05) is 20.8 Å². The maximum Gasteiger partial charge on any atom is 0.326 e. The first-order valence-corrected chi connectivity index (χ1v) is 6.79. The van der Waals surface area contributed by atoms with E-state index in [-0.39, 0.29) is 0 Å². The molecule has 1 heterocycles. The molecule has 0 aromatic carbocycles. The number of nitrogens with one attached hydrogen (secondary N) is 1. The second kappa shape index (κ2) is 6.02. The second-order valence-corrected chi connectivity index (χ2v) is 6.75. The van der Waals surface area contributed by atoms with Gasteiger partial charge in [0.05, 0.1) is 0 Å². The summed E-state index contributed by atoms with van der Waals surface area (Å²) in [6, 6.07) is 2.98. The zero-order valence-electron chi connectivity index (χ0n) is 11.6. The number of hydrogen-bond acceptors (Lipinski definition) is 3. The molecule has 4 nitrogen and oxygen atoms in total. The van der Waals surface area contributed by atoms with Gasteiger partial charge < -0.3 is 10.4 Å². The van der Waals surface area contributed by atoms with E-state index in [1.54, 1.807) is 38.2 Å². The number of thiophene rings is 1. The zero-order chi connectivity index (χ0) is 14.6. The van der Waals surface area contributed by atoms with E-state index in [4.69, 9.17) is 5.11 Å². The van der Waals surface area contributed by atoms with E-state index < -0.39 is 23.3 Å². The van der Waals surface area contributed by atoms with E-state index in [1.165, 1.54) is 6.08 Å². The standard InChI is InChI=1S/C14H19NO3S/c1-9-5-6-10(19-9)7-8-11(16)15-12(13(17)18)14(2,3)4/h5-8,12H,1-4H3,(H,15,16)(H,17,18)/b8-7+/t12-/m1/s1. The molecule has 104 valence electrons. The maximum absolute atomic E-state index is 11.7. The lowest BCUT2D eigenvalue weighted by Gasteiger charge is -2.27. The van der Waals surface area contributed by atoms with E-state index in [1.807, 2.05) is 19.1 Å². The van der Waals surface area contributed by atoms with Crippen LogP contribution in [0.1, 0.15) is 30.5 Å². The van der Waals surface area contributed by atoms with Gasteiger partial charge in [0.15, 0.2) is 0 Å². The Hall–Kier alpha value is -1.62. The van der Waals surface area contributed by atoms with Crippen molar-refractivity contribution in [3.63, 3.8) is 0 Å². The van der Waals surface area contributed by atoms with Gasteiger partial charge in [-0.15, -0.1) is 11.3 Å². The molecule has 1 rings (SSSR count). The summed E-state index contributed by atoms with van der Waals surface area (Å²) in [7, 11) is 0. The Kier molecular flexibility index (Phi) is 4.89. The highest BCUT2D eigenvalue weighted by atomic mass is 32.1. The Bertz CT molecular complexity index is 497. The van der Waals surface area contributed by atoms with Gasteiger partial charge in [-0.2, -0.15) is 0 Å². The lowest BCUT2D eigenvalue weighted by molar-refractivity contribution is -0.144. The van der Waals surface area contributed by atoms with Crippen molar-refractivity contribution >= 4 is 29.3 Å². The Balaban J connectivity index is 2.68. The molecule has 0 saturated carbocycles. The predicted octanol–water partition coefficient (Wildman–Crippen LogP) is 2.69. The summed E-state index contributed by atoms with van der Waals surface area (Å²) in [6.07, 6.45) is 3.06. The SMILES string of the molecule is Cc1ccc(/C=C/C(=O)N[C@H](C(=O)O)C(C)(C)C)s1. The van der Waals surface area contributed by atoms with E-state index in [2.05, 4.69) is 5.32 Å². The molecule has 1 aromatic heterocycles. The number of carboxylic acids is 1. The first-order valence-electron chi connectivity index (χ1n) is 5.98. The van der Waals surface area contributed by atoms with Crippen molar-refractivity contribution in [2.24, 2.45) is 5.41 Å². The third-order valence-electron chi connectivity index (χ3n) is 2.56. The lowest BCUT2D eigenvalue weighted by Crippen LogP contribution is -2.48. The van der Waals surface area contributed by atoms with Gasteiger partial charge in [-0.25, -0.2) is 4.79 Å². The number of hydrogen-bond donors (Lipinski definition) is 2. The fraction of sp³-hybridized carbons (Fsp3) is 0.429. The molecule has 1 amide bonds. The molecule has 0 unspecified atom stereocenters. The average molecular weight is 281 g/mol. The number of aryl methyl sites for hydroxylation is 1. The summed E-state index contributed by atoms with van der Waals surface area (Å²) in [6.45, 7) is 7.32. The van der Waals surface area contributed by atoms with Crippen LogP contribution in [0.5, 0.6) is 0 Å². The molecule has 19 heavy (non-hydrogen) atoms. The minimum Gasteiger partial charge on any atom is -0.480 e. The normalized spacial score (nSPS) is 13.5. The van der Waals surface area contributed by atoms with Gasteiger partial charge in [0, 0.05) is 15.8 Å². The van der Waals surface area contributed by atoms with Crippen LogP contribution >= 0.6 is 11.3 Å². The van der Waals surface area contributed by atoms with Gasteiger partial charge in [0.1, 0.15) is 6.04 Å². The van der Waals surface area contributed by atoms with Gasteiger partial charge in [0.25, 0.3) is 0 Å². The van der Waals surface area contributed by atoms with Crippen LogP contribution in [-0.4, -0.2) is 23.0 Å². The summed E-state index contributed by atoms with van der Waals surface area (Å²) >= 11 is 1.58. The fourth-order valence-corrected chi connectivity index (χ4v) is 2.32. The lowest BCUT2D eigenvalue weighted by atomic mass is 9.87. The minimum absolute atomic E-state index is 0.395. The smallest absolute Gasteiger partial charge is 0.326 e. The van der Waals surface area contributed by atoms with Crippen LogP contribution in [0.4, 0.5) is 0 Å². The number of amides is 1. The monoisotopic (exact) mass is 281 g/mol. The van der Waals surface area contributed by atoms with E-state index >= 15 is 0 Å². The second-order valence-electron chi connectivity index (χ2n) is 5.43. The summed E-state index contributed by atoms with van der Waals surface area (Å²) < 4.78 is 0. The first-order chi connectivity index (χ1) is 8.70. The molecule has 0 saturated heterocycles. The molecule has 5 heteroatoms. The molecule has 0 aliphatic heterocycles. The van der Waals surface area contributed by atoms with E-state index in [9.17, 15) is 9.59 Å². The highest BCUT2D eigenvalue weighted by molar-refractivity contribution is 7.12. The molecular weight excluding hydrogens is 262 g/mol. The van der Waals surface area contributed by atoms with Crippen molar-refractivity contribution in [3.8, 4) is 0 Å². The molecule has 0 radical (unpaired) electrons. The van der Waals surface area contributed by atoms with Crippen molar-refractivity contribution in [2.45, 2.75) is 33.7 Å². The number of aliphatic carboxylic acids is 1. The van der Waals surface area contributed by atoms with E-state index in [0.717, 1.165) is 9.75 Å². The van der Waals surface area contributed by atoms with Crippen LogP contribution < -0.4 is 5.32 Å². The summed E-state index contributed by atoms with van der Waals surface area (Å²) in [4.78, 5) is 25.0. The van der Waals surface area contributed by atoms with Crippen LogP contribution in [0.3, 0.4) is 0 Å². The van der Waals surface area contributed by atoms with Crippen molar-refractivity contribution < 1.29 is 14.7 Å². The Morgan fingerprint density at radius 3 is 2.42 bits per heavy atom. The van der Waals surface area contributed by atoms with Gasteiger partial charge >= 0.3 is 5.97 Å². The molecule has 2 N–H and O–H groups in total. The Morgan fingerprint density at radius 1 is 1.37 bits per heavy atom. The topological polar surface area (TPSA) is 66.4 Å². The van der Waals surface area contributed by atoms with Gasteiger partial charge in [-0.05, 0) is 30.5 Å². The molecule has 1 atom stereocenters. The molecule has 0 aliphatic rings. The minimum atomic E-state index is -1.03. The van der Waals surface area contributed by atoms with Crippen molar-refractivity contribution in [1.29, 1.82) is 0 Å². The summed E-state index contributed by atoms with van der Waals surface area (Å²) in [5.41, 5.74) is -0.533. The summed E-state index contributed by atoms with van der Waals surface area (Å²) in [5.74, 6) is -1.42. The van der Waals surface area contributed by atoms with Crippen molar-refractivity contribution in [1.82, 2.24) is 5.32 Å². The number of carbonyl (C=O) groups excluding carboxylic acids is 1. The van der Waals surface area contributed by atoms with Gasteiger partial charge in [0.2, 0.25) is 5.91 Å². The number of carboxylic acid groups (broad SMARTS) is 1. The molecular formula is C14H19NO3S. The third-order valence-corrected chi connectivity index (χ3v) is 3.53. The summed E-state index contributed by atoms with van der Waals surface area (Å²) in [5, 5.41) is 11.6. The van der Waals surface area contributed by atoms with Crippen molar-refractivity contribution in [3.05, 3.63) is 28.0 Å². The first kappa shape index (κ1) is 15.4. The highest BCUT2D eigenvalue weighted by Crippen LogP contribution is 2.20. The van der Waals surface area contributed by atoms with Crippen LogP contribution in [0.2, 0.25) is 0 Å². The zero-order valence-corrected chi connectivity index (χ0v) is 12.4. The molecule has 0 bridgehead atoms. The third kappa shape index (κ3) is 4.87. The Morgan fingerprint density at radius 2 is 2.00 bits per heavy atom. The van der Waals surface area contributed by atoms with Crippen LogP contribution in [-0.2, 0) is 9.59 Å². The molecule has 0 aliphatic carbocycles. The van der Waals surface area contributed by atoms with Crippen LogP contribution in [0.15, 0.2) is 18.2 Å². The molecule has 0 fully saturated rings. The fourth-order valence-electron chi connectivity index (χ4n) is 1.54. The number of carbonyl (C=O) groups is 2. The predicted molar refractivity (Wildman–Crippen MR) is 77.1 cm³/mol. The maximum atomic E-state index is 11.7. The Labute approximate surface area is 117 Å². The van der Waals surface area contributed by atoms with Crippen LogP contribution in [0.25, 0.3) is 6.08 Å².